The predicted molar refractivity (Wildman–Crippen MR) is 79.1 cm³/mol. The van der Waals surface area contributed by atoms with Crippen LogP contribution in [0.25, 0.3) is 0 Å². The molecule has 1 aromatic carbocycles. The number of carboxylic acid groups (broad SMARTS) is 1. The first-order valence-corrected chi connectivity index (χ1v) is 6.57. The van der Waals surface area contributed by atoms with Crippen LogP contribution in [0, 0.1) is 6.92 Å². The number of hydrogen-bond acceptors (Lipinski definition) is 2. The number of anilines is 1. The third-order valence-corrected chi connectivity index (χ3v) is 3.45. The van der Waals surface area contributed by atoms with Crippen LogP contribution in [0.15, 0.2) is 24.3 Å². The Hall–Kier alpha value is -2.04. The number of carbonyl (C=O) groups excluding carboxylic acids is 1. The summed E-state index contributed by atoms with van der Waals surface area (Å²) in [5.41, 5.74) is 0.596. The van der Waals surface area contributed by atoms with Gasteiger partial charge >= 0.3 is 12.0 Å². The average molecular weight is 278 g/mol. The van der Waals surface area contributed by atoms with Crippen molar-refractivity contribution in [2.45, 2.75) is 33.2 Å². The molecular weight excluding hydrogens is 256 g/mol. The van der Waals surface area contributed by atoms with Crippen LogP contribution in [0.5, 0.6) is 0 Å². The quantitative estimate of drug-likeness (QED) is 0.921. The molecule has 1 aromatic rings. The summed E-state index contributed by atoms with van der Waals surface area (Å²) < 4.78 is 0. The number of carbonyl (C=O) groups is 2. The molecule has 110 valence electrons. The van der Waals surface area contributed by atoms with Crippen LogP contribution < -0.4 is 4.90 Å². The second-order valence-corrected chi connectivity index (χ2v) is 5.29. The Morgan fingerprint density at radius 2 is 1.70 bits per heavy atom. The number of rotatable bonds is 4. The number of aryl methyl sites for hydroxylation is 1. The number of likely N-dealkylation sites (N-methyl/N-ethyl adjacent to an activating group) is 1. The third kappa shape index (κ3) is 3.10. The molecule has 1 rings (SSSR count). The van der Waals surface area contributed by atoms with Crippen LogP contribution >= 0.6 is 0 Å². The van der Waals surface area contributed by atoms with E-state index >= 15 is 0 Å². The fraction of sp³-hybridized carbons (Fsp3) is 0.467. The summed E-state index contributed by atoms with van der Waals surface area (Å²) in [4.78, 5) is 26.6. The lowest BCUT2D eigenvalue weighted by Gasteiger charge is -2.36. The van der Waals surface area contributed by atoms with Crippen LogP contribution in [0.3, 0.4) is 0 Å². The largest absolute Gasteiger partial charge is 0.480 e. The Labute approximate surface area is 119 Å². The fourth-order valence-corrected chi connectivity index (χ4v) is 1.94. The maximum atomic E-state index is 12.5. The molecule has 5 nitrogen and oxygen atoms in total. The van der Waals surface area contributed by atoms with Crippen molar-refractivity contribution in [2.75, 3.05) is 18.5 Å². The predicted octanol–water partition coefficient (Wildman–Crippen LogP) is 2.74. The van der Waals surface area contributed by atoms with Crippen molar-refractivity contribution in [2.24, 2.45) is 0 Å². The molecule has 2 amide bonds. The molecule has 0 aliphatic heterocycles. The van der Waals surface area contributed by atoms with Crippen molar-refractivity contribution in [1.29, 1.82) is 0 Å². The van der Waals surface area contributed by atoms with Crippen molar-refractivity contribution in [3.63, 3.8) is 0 Å². The topological polar surface area (TPSA) is 60.9 Å². The van der Waals surface area contributed by atoms with Gasteiger partial charge in [-0.25, -0.2) is 9.59 Å². The summed E-state index contributed by atoms with van der Waals surface area (Å²) in [6.07, 6.45) is 0. The van der Waals surface area contributed by atoms with Gasteiger partial charge < -0.3 is 10.0 Å². The molecule has 0 aliphatic rings. The van der Waals surface area contributed by atoms with E-state index in [1.54, 1.807) is 14.0 Å². The zero-order valence-electron chi connectivity index (χ0n) is 12.7. The van der Waals surface area contributed by atoms with Crippen molar-refractivity contribution in [1.82, 2.24) is 4.90 Å². The molecule has 0 aliphatic carbocycles. The Bertz CT molecular complexity index is 494. The number of benzene rings is 1. The summed E-state index contributed by atoms with van der Waals surface area (Å²) in [6, 6.07) is 7.18. The molecule has 0 heterocycles. The van der Waals surface area contributed by atoms with Crippen molar-refractivity contribution in [3.05, 3.63) is 29.8 Å². The molecule has 0 aromatic heterocycles. The number of urea groups is 1. The number of hydrogen-bond donors (Lipinski definition) is 1. The van der Waals surface area contributed by atoms with Gasteiger partial charge in [-0.05, 0) is 39.8 Å². The number of aliphatic carboxylic acids is 1. The van der Waals surface area contributed by atoms with Crippen molar-refractivity contribution < 1.29 is 14.7 Å². The van der Waals surface area contributed by atoms with Gasteiger partial charge in [0.1, 0.15) is 5.54 Å². The highest BCUT2D eigenvalue weighted by molar-refractivity contribution is 5.95. The Morgan fingerprint density at radius 1 is 1.20 bits per heavy atom. The van der Waals surface area contributed by atoms with E-state index in [2.05, 4.69) is 0 Å². The van der Waals surface area contributed by atoms with Gasteiger partial charge in [0.05, 0.1) is 0 Å². The maximum absolute atomic E-state index is 12.5. The molecule has 5 heteroatoms. The summed E-state index contributed by atoms with van der Waals surface area (Å²) in [7, 11) is 1.65. The lowest BCUT2D eigenvalue weighted by molar-refractivity contribution is -0.147. The zero-order chi connectivity index (χ0) is 15.5. The van der Waals surface area contributed by atoms with Gasteiger partial charge in [-0.15, -0.1) is 0 Å². The van der Waals surface area contributed by atoms with Crippen LogP contribution in [0.1, 0.15) is 26.3 Å². The lowest BCUT2D eigenvalue weighted by Crippen LogP contribution is -2.56. The van der Waals surface area contributed by atoms with Gasteiger partial charge in [0.25, 0.3) is 0 Å². The van der Waals surface area contributed by atoms with Crippen LogP contribution in [-0.4, -0.2) is 41.1 Å². The number of amides is 2. The van der Waals surface area contributed by atoms with Crippen molar-refractivity contribution >= 4 is 17.7 Å². The summed E-state index contributed by atoms with van der Waals surface area (Å²) >= 11 is 0. The fourth-order valence-electron chi connectivity index (χ4n) is 1.94. The van der Waals surface area contributed by atoms with E-state index in [0.717, 1.165) is 11.3 Å². The van der Waals surface area contributed by atoms with Gasteiger partial charge in [-0.3, -0.25) is 4.90 Å². The minimum atomic E-state index is -1.25. The second-order valence-electron chi connectivity index (χ2n) is 5.29. The Kier molecular flexibility index (Phi) is 4.76. The smallest absolute Gasteiger partial charge is 0.329 e. The highest BCUT2D eigenvalue weighted by Crippen LogP contribution is 2.20. The molecule has 0 radical (unpaired) electrons. The van der Waals surface area contributed by atoms with Gasteiger partial charge in [0, 0.05) is 19.3 Å². The second kappa shape index (κ2) is 5.94. The molecule has 0 unspecified atom stereocenters. The molecule has 1 N–H and O–H groups in total. The molecule has 0 bridgehead atoms. The van der Waals surface area contributed by atoms with Gasteiger partial charge in [0.15, 0.2) is 0 Å². The zero-order valence-corrected chi connectivity index (χ0v) is 12.7. The Morgan fingerprint density at radius 3 is 2.10 bits per heavy atom. The van der Waals surface area contributed by atoms with E-state index in [1.165, 1.54) is 23.6 Å². The normalized spacial score (nSPS) is 11.1. The van der Waals surface area contributed by atoms with E-state index in [9.17, 15) is 14.7 Å². The molecular formula is C15H22N2O3. The average Bonchev–Trinajstić information content (AvgIpc) is 2.39. The monoisotopic (exact) mass is 278 g/mol. The first-order chi connectivity index (χ1) is 9.21. The SMILES string of the molecule is CCN(C(=O)N(C)c1ccc(C)cc1)C(C)(C)C(=O)O. The molecule has 0 atom stereocenters. The van der Waals surface area contributed by atoms with Crippen molar-refractivity contribution in [3.8, 4) is 0 Å². The lowest BCUT2D eigenvalue weighted by atomic mass is 10.0. The minimum Gasteiger partial charge on any atom is -0.480 e. The first-order valence-electron chi connectivity index (χ1n) is 6.57. The third-order valence-electron chi connectivity index (χ3n) is 3.45. The van der Waals surface area contributed by atoms with Crippen LogP contribution in [0.2, 0.25) is 0 Å². The Balaban J connectivity index is 3.02. The van der Waals surface area contributed by atoms with E-state index in [0.29, 0.717) is 6.54 Å². The summed E-state index contributed by atoms with van der Waals surface area (Å²) in [6.45, 7) is 7.12. The minimum absolute atomic E-state index is 0.328. The van der Waals surface area contributed by atoms with E-state index in [-0.39, 0.29) is 6.03 Å². The maximum Gasteiger partial charge on any atom is 0.329 e. The molecule has 0 saturated carbocycles. The highest BCUT2D eigenvalue weighted by atomic mass is 16.4. The van der Waals surface area contributed by atoms with Gasteiger partial charge in [-0.1, -0.05) is 17.7 Å². The number of nitrogens with zero attached hydrogens (tertiary/aromatic N) is 2. The van der Waals surface area contributed by atoms with E-state index in [4.69, 9.17) is 0 Å². The summed E-state index contributed by atoms with van der Waals surface area (Å²) in [5, 5.41) is 9.27. The number of carboxylic acids is 1. The molecule has 20 heavy (non-hydrogen) atoms. The van der Waals surface area contributed by atoms with Crippen LogP contribution in [0.4, 0.5) is 10.5 Å². The van der Waals surface area contributed by atoms with E-state index in [1.807, 2.05) is 31.2 Å². The molecule has 0 fully saturated rings. The van der Waals surface area contributed by atoms with Gasteiger partial charge in [0.2, 0.25) is 0 Å². The standard InChI is InChI=1S/C15H22N2O3/c1-6-17(15(3,4)13(18)19)14(20)16(5)12-9-7-11(2)8-10-12/h7-10H,6H2,1-5H3,(H,18,19). The first kappa shape index (κ1) is 16.0. The van der Waals surface area contributed by atoms with E-state index < -0.39 is 11.5 Å². The van der Waals surface area contributed by atoms with Crippen LogP contribution in [-0.2, 0) is 4.79 Å². The molecule has 0 spiro atoms. The molecule has 0 saturated heterocycles. The summed E-state index contributed by atoms with van der Waals surface area (Å²) in [5.74, 6) is -1.02. The highest BCUT2D eigenvalue weighted by Gasteiger charge is 2.38. The van der Waals surface area contributed by atoms with Gasteiger partial charge in [-0.2, -0.15) is 0 Å².